The number of benzene rings is 1. The average molecular weight is 307 g/mol. The number of aryl methyl sites for hydroxylation is 2. The number of ether oxygens (including phenoxy) is 1. The van der Waals surface area contributed by atoms with Gasteiger partial charge in [-0.1, -0.05) is 6.07 Å². The summed E-state index contributed by atoms with van der Waals surface area (Å²) in [5, 5.41) is 0. The van der Waals surface area contributed by atoms with Crippen LogP contribution in [0.2, 0.25) is 0 Å². The van der Waals surface area contributed by atoms with E-state index in [0.29, 0.717) is 0 Å². The molecule has 0 atom stereocenters. The van der Waals surface area contributed by atoms with Gasteiger partial charge in [0.15, 0.2) is 0 Å². The minimum absolute atomic E-state index is 0.729. The van der Waals surface area contributed by atoms with E-state index in [2.05, 4.69) is 18.2 Å². The lowest BCUT2D eigenvalue weighted by Gasteiger charge is -2.11. The van der Waals surface area contributed by atoms with Crippen molar-refractivity contribution in [3.63, 3.8) is 0 Å². The molecule has 1 aromatic rings. The molecule has 6 N–H and O–H groups in total. The van der Waals surface area contributed by atoms with E-state index >= 15 is 0 Å². The lowest BCUT2D eigenvalue weighted by atomic mass is 10.0. The Balaban J connectivity index is 2.62. The van der Waals surface area contributed by atoms with Crippen LogP contribution >= 0.6 is 0 Å². The molecule has 0 radical (unpaired) electrons. The van der Waals surface area contributed by atoms with Crippen molar-refractivity contribution in [2.75, 3.05) is 26.2 Å². The molecular formula is C18H33N3O. The van der Waals surface area contributed by atoms with Gasteiger partial charge in [-0.15, -0.1) is 0 Å². The Kier molecular flexibility index (Phi) is 10.7. The molecule has 1 aromatic carbocycles. The highest BCUT2D eigenvalue weighted by atomic mass is 16.5. The Hall–Kier alpha value is -1.10. The molecule has 126 valence electrons. The van der Waals surface area contributed by atoms with E-state index in [1.54, 1.807) is 0 Å². The molecule has 0 fully saturated rings. The molecule has 0 bridgehead atoms. The molecule has 0 saturated heterocycles. The molecule has 4 nitrogen and oxygen atoms in total. The van der Waals surface area contributed by atoms with Crippen molar-refractivity contribution in [3.8, 4) is 5.75 Å². The maximum Gasteiger partial charge on any atom is 0.119 e. The monoisotopic (exact) mass is 307 g/mol. The second kappa shape index (κ2) is 12.4. The molecule has 1 rings (SSSR count). The van der Waals surface area contributed by atoms with Crippen molar-refractivity contribution in [1.29, 1.82) is 0 Å². The fraction of sp³-hybridized carbons (Fsp3) is 0.667. The van der Waals surface area contributed by atoms with Crippen LogP contribution in [0, 0.1) is 0 Å². The Labute approximate surface area is 135 Å². The maximum absolute atomic E-state index is 5.90. The van der Waals surface area contributed by atoms with Crippen molar-refractivity contribution >= 4 is 0 Å². The molecule has 0 aliphatic heterocycles. The topological polar surface area (TPSA) is 87.3 Å². The van der Waals surface area contributed by atoms with Gasteiger partial charge in [0.25, 0.3) is 0 Å². The van der Waals surface area contributed by atoms with Gasteiger partial charge < -0.3 is 21.9 Å². The van der Waals surface area contributed by atoms with Crippen LogP contribution in [-0.4, -0.2) is 26.2 Å². The predicted octanol–water partition coefficient (Wildman–Crippen LogP) is 2.37. The smallest absolute Gasteiger partial charge is 0.119 e. The van der Waals surface area contributed by atoms with Crippen molar-refractivity contribution in [1.82, 2.24) is 0 Å². The SMILES string of the molecule is NCCCCOc1cc(CCCCN)cc(CCCCN)c1. The largest absolute Gasteiger partial charge is 0.494 e. The zero-order valence-electron chi connectivity index (χ0n) is 13.9. The quantitative estimate of drug-likeness (QED) is 0.488. The molecule has 0 aromatic heterocycles. The van der Waals surface area contributed by atoms with Crippen LogP contribution in [0.4, 0.5) is 0 Å². The zero-order chi connectivity index (χ0) is 16.0. The van der Waals surface area contributed by atoms with Gasteiger partial charge in [-0.2, -0.15) is 0 Å². The van der Waals surface area contributed by atoms with Crippen LogP contribution in [0.25, 0.3) is 0 Å². The number of nitrogens with two attached hydrogens (primary N) is 3. The van der Waals surface area contributed by atoms with E-state index in [1.165, 1.54) is 11.1 Å². The summed E-state index contributed by atoms with van der Waals surface area (Å²) in [6, 6.07) is 6.65. The van der Waals surface area contributed by atoms with Gasteiger partial charge in [-0.3, -0.25) is 0 Å². The molecule has 0 saturated carbocycles. The third kappa shape index (κ3) is 8.37. The number of hydrogen-bond acceptors (Lipinski definition) is 4. The summed E-state index contributed by atoms with van der Waals surface area (Å²) in [7, 11) is 0. The van der Waals surface area contributed by atoms with Gasteiger partial charge in [0.1, 0.15) is 5.75 Å². The van der Waals surface area contributed by atoms with Crippen LogP contribution in [-0.2, 0) is 12.8 Å². The van der Waals surface area contributed by atoms with Crippen LogP contribution in [0.5, 0.6) is 5.75 Å². The Bertz CT molecular complexity index is 368. The second-order valence-corrected chi connectivity index (χ2v) is 5.82. The highest BCUT2D eigenvalue weighted by molar-refractivity contribution is 5.34. The molecule has 0 unspecified atom stereocenters. The Morgan fingerprint density at radius 1 is 0.636 bits per heavy atom. The van der Waals surface area contributed by atoms with Crippen molar-refractivity contribution < 1.29 is 4.74 Å². The van der Waals surface area contributed by atoms with Gasteiger partial charge in [0, 0.05) is 0 Å². The molecule has 0 spiro atoms. The Morgan fingerprint density at radius 3 is 1.64 bits per heavy atom. The summed E-state index contributed by atoms with van der Waals surface area (Å²) in [6.45, 7) is 3.00. The van der Waals surface area contributed by atoms with Gasteiger partial charge in [-0.25, -0.2) is 0 Å². The van der Waals surface area contributed by atoms with Gasteiger partial charge in [0.05, 0.1) is 6.61 Å². The van der Waals surface area contributed by atoms with Gasteiger partial charge in [-0.05, 0) is 94.3 Å². The summed E-state index contributed by atoms with van der Waals surface area (Å²) in [4.78, 5) is 0. The average Bonchev–Trinajstić information content (AvgIpc) is 2.52. The summed E-state index contributed by atoms with van der Waals surface area (Å²) >= 11 is 0. The van der Waals surface area contributed by atoms with E-state index in [0.717, 1.165) is 83.4 Å². The van der Waals surface area contributed by atoms with Crippen LogP contribution in [0.15, 0.2) is 18.2 Å². The first-order valence-corrected chi connectivity index (χ1v) is 8.66. The van der Waals surface area contributed by atoms with E-state index in [1.807, 2.05) is 0 Å². The first kappa shape index (κ1) is 18.9. The van der Waals surface area contributed by atoms with E-state index < -0.39 is 0 Å². The van der Waals surface area contributed by atoms with Gasteiger partial charge >= 0.3 is 0 Å². The molecule has 0 aliphatic rings. The summed E-state index contributed by atoms with van der Waals surface area (Å²) in [5.41, 5.74) is 19.4. The standard InChI is InChI=1S/C18H33N3O/c19-9-3-1-7-16-13-17(8-2-4-10-20)15-18(14-16)22-12-6-5-11-21/h13-15H,1-12,19-21H2. The third-order valence-electron chi connectivity index (χ3n) is 3.73. The number of rotatable bonds is 13. The van der Waals surface area contributed by atoms with E-state index in [4.69, 9.17) is 21.9 Å². The zero-order valence-corrected chi connectivity index (χ0v) is 13.9. The fourth-order valence-electron chi connectivity index (χ4n) is 2.48. The fourth-order valence-corrected chi connectivity index (χ4v) is 2.48. The normalized spacial score (nSPS) is 10.9. The third-order valence-corrected chi connectivity index (χ3v) is 3.73. The Morgan fingerprint density at radius 2 is 1.14 bits per heavy atom. The van der Waals surface area contributed by atoms with Crippen molar-refractivity contribution in [2.45, 2.75) is 51.4 Å². The van der Waals surface area contributed by atoms with Crippen molar-refractivity contribution in [2.24, 2.45) is 17.2 Å². The van der Waals surface area contributed by atoms with E-state index in [-0.39, 0.29) is 0 Å². The predicted molar refractivity (Wildman–Crippen MR) is 94.2 cm³/mol. The number of unbranched alkanes of at least 4 members (excludes halogenated alkanes) is 3. The minimum Gasteiger partial charge on any atom is -0.494 e. The summed E-state index contributed by atoms with van der Waals surface area (Å²) < 4.78 is 5.90. The van der Waals surface area contributed by atoms with Crippen LogP contribution in [0.3, 0.4) is 0 Å². The lowest BCUT2D eigenvalue weighted by Crippen LogP contribution is -2.04. The van der Waals surface area contributed by atoms with E-state index in [9.17, 15) is 0 Å². The maximum atomic E-state index is 5.90. The molecule has 22 heavy (non-hydrogen) atoms. The van der Waals surface area contributed by atoms with Crippen LogP contribution < -0.4 is 21.9 Å². The first-order chi connectivity index (χ1) is 10.8. The summed E-state index contributed by atoms with van der Waals surface area (Å²) in [5.74, 6) is 0.991. The lowest BCUT2D eigenvalue weighted by molar-refractivity contribution is 0.307. The highest BCUT2D eigenvalue weighted by Crippen LogP contribution is 2.21. The number of hydrogen-bond donors (Lipinski definition) is 3. The highest BCUT2D eigenvalue weighted by Gasteiger charge is 2.03. The minimum atomic E-state index is 0.729. The molecule has 0 amide bonds. The van der Waals surface area contributed by atoms with Crippen LogP contribution in [0.1, 0.15) is 49.7 Å². The van der Waals surface area contributed by atoms with Gasteiger partial charge in [0.2, 0.25) is 0 Å². The molecule has 0 heterocycles. The molecule has 0 aliphatic carbocycles. The first-order valence-electron chi connectivity index (χ1n) is 8.66. The summed E-state index contributed by atoms with van der Waals surface area (Å²) in [6.07, 6.45) is 8.58. The molecule has 4 heteroatoms. The second-order valence-electron chi connectivity index (χ2n) is 5.82. The van der Waals surface area contributed by atoms with Crippen molar-refractivity contribution in [3.05, 3.63) is 29.3 Å². The molecular weight excluding hydrogens is 274 g/mol.